The van der Waals surface area contributed by atoms with Crippen LogP contribution < -0.4 is 0 Å². The van der Waals surface area contributed by atoms with Gasteiger partial charge in [0.1, 0.15) is 0 Å². The predicted molar refractivity (Wildman–Crippen MR) is 60.8 cm³/mol. The average molecular weight is 192 g/mol. The van der Waals surface area contributed by atoms with E-state index in [9.17, 15) is 0 Å². The maximum absolute atomic E-state index is 2.35. The van der Waals surface area contributed by atoms with Crippen molar-refractivity contribution in [2.24, 2.45) is 5.41 Å². The lowest BCUT2D eigenvalue weighted by atomic mass is 9.67. The zero-order valence-corrected chi connectivity index (χ0v) is 9.53. The molecular formula is C12H16S. The molecule has 70 valence electrons. The van der Waals surface area contributed by atoms with Gasteiger partial charge >= 0.3 is 0 Å². The molecule has 0 fully saturated rings. The predicted octanol–water partition coefficient (Wildman–Crippen LogP) is 3.92. The number of hydrogen-bond acceptors (Lipinski definition) is 1. The second kappa shape index (κ2) is 2.54. The molecular weight excluding hydrogens is 176 g/mol. The van der Waals surface area contributed by atoms with Gasteiger partial charge in [0.05, 0.1) is 4.75 Å². The highest BCUT2D eigenvalue weighted by Gasteiger charge is 2.47. The van der Waals surface area contributed by atoms with Crippen LogP contribution in [0.4, 0.5) is 0 Å². The van der Waals surface area contributed by atoms with Gasteiger partial charge < -0.3 is 0 Å². The Morgan fingerprint density at radius 2 is 1.85 bits per heavy atom. The summed E-state index contributed by atoms with van der Waals surface area (Å²) >= 11 is 1.95. The highest BCUT2D eigenvalue weighted by Crippen LogP contribution is 2.56. The van der Waals surface area contributed by atoms with E-state index in [1.807, 2.05) is 11.8 Å². The smallest absolute Gasteiger partial charge is 0.0509 e. The lowest BCUT2D eigenvalue weighted by molar-refractivity contribution is 0.365. The Kier molecular flexibility index (Phi) is 1.78. The maximum Gasteiger partial charge on any atom is 0.0509 e. The fourth-order valence-corrected chi connectivity index (χ4v) is 3.21. The van der Waals surface area contributed by atoms with Crippen molar-refractivity contribution in [2.75, 3.05) is 0 Å². The van der Waals surface area contributed by atoms with Gasteiger partial charge in [-0.25, -0.2) is 0 Å². The molecule has 0 bridgehead atoms. The van der Waals surface area contributed by atoms with Crippen LogP contribution in [0.15, 0.2) is 34.8 Å². The van der Waals surface area contributed by atoms with Gasteiger partial charge in [-0.05, 0) is 24.8 Å². The molecule has 0 spiro atoms. The van der Waals surface area contributed by atoms with Crippen molar-refractivity contribution in [1.29, 1.82) is 0 Å². The van der Waals surface area contributed by atoms with Crippen LogP contribution in [0.2, 0.25) is 0 Å². The van der Waals surface area contributed by atoms with E-state index in [0.29, 0.717) is 0 Å². The van der Waals surface area contributed by atoms with E-state index in [1.54, 1.807) is 0 Å². The maximum atomic E-state index is 2.35. The summed E-state index contributed by atoms with van der Waals surface area (Å²) < 4.78 is 0.256. The largest absolute Gasteiger partial charge is 0.122 e. The molecule has 0 aromatic rings. The van der Waals surface area contributed by atoms with Crippen molar-refractivity contribution < 1.29 is 0 Å². The third kappa shape index (κ3) is 0.999. The molecule has 0 saturated heterocycles. The topological polar surface area (TPSA) is 0 Å². The Bertz CT molecular complexity index is 331. The van der Waals surface area contributed by atoms with Gasteiger partial charge in [-0.15, -0.1) is 11.8 Å². The normalized spacial score (nSPS) is 35.4. The SMILES string of the molecule is CC1=CC=C2C=CSC2(C)C1(C)C. The van der Waals surface area contributed by atoms with Crippen LogP contribution in [0.1, 0.15) is 27.7 Å². The van der Waals surface area contributed by atoms with Crippen LogP contribution in [0.25, 0.3) is 0 Å². The molecule has 1 aliphatic heterocycles. The second-order valence-electron chi connectivity index (χ2n) is 4.55. The standard InChI is InChI=1S/C12H16S/c1-9-5-6-10-7-8-13-12(10,4)11(9,2)3/h5-8H,1-4H3. The van der Waals surface area contributed by atoms with E-state index in [1.165, 1.54) is 11.1 Å². The first-order valence-electron chi connectivity index (χ1n) is 4.72. The third-order valence-electron chi connectivity index (χ3n) is 3.79. The Morgan fingerprint density at radius 1 is 1.15 bits per heavy atom. The van der Waals surface area contributed by atoms with Gasteiger partial charge in [-0.2, -0.15) is 0 Å². The highest BCUT2D eigenvalue weighted by molar-refractivity contribution is 8.04. The van der Waals surface area contributed by atoms with Crippen molar-refractivity contribution in [3.05, 3.63) is 34.8 Å². The summed E-state index contributed by atoms with van der Waals surface area (Å²) in [5.74, 6) is 0. The first kappa shape index (κ1) is 9.14. The Hall–Kier alpha value is -0.430. The van der Waals surface area contributed by atoms with E-state index >= 15 is 0 Å². The number of thioether (sulfide) groups is 1. The molecule has 1 aliphatic carbocycles. The molecule has 0 N–H and O–H groups in total. The van der Waals surface area contributed by atoms with Crippen LogP contribution in [0, 0.1) is 5.41 Å². The van der Waals surface area contributed by atoms with Crippen LogP contribution in [-0.4, -0.2) is 4.75 Å². The zero-order valence-electron chi connectivity index (χ0n) is 8.72. The van der Waals surface area contributed by atoms with Gasteiger partial charge in [0.15, 0.2) is 0 Å². The molecule has 2 rings (SSSR count). The minimum atomic E-state index is 0.256. The first-order chi connectivity index (χ1) is 5.98. The first-order valence-corrected chi connectivity index (χ1v) is 5.60. The number of fused-ring (bicyclic) bond motifs is 1. The minimum Gasteiger partial charge on any atom is -0.122 e. The Balaban J connectivity index is 2.56. The number of rotatable bonds is 0. The highest BCUT2D eigenvalue weighted by atomic mass is 32.2. The molecule has 1 heteroatoms. The molecule has 13 heavy (non-hydrogen) atoms. The van der Waals surface area contributed by atoms with Gasteiger partial charge in [-0.3, -0.25) is 0 Å². The number of allylic oxidation sites excluding steroid dienone is 4. The van der Waals surface area contributed by atoms with E-state index in [4.69, 9.17) is 0 Å². The van der Waals surface area contributed by atoms with Gasteiger partial charge in [0.2, 0.25) is 0 Å². The molecule has 0 saturated carbocycles. The second-order valence-corrected chi connectivity index (χ2v) is 5.87. The third-order valence-corrected chi connectivity index (χ3v) is 5.28. The molecule has 1 heterocycles. The molecule has 0 aromatic carbocycles. The fourth-order valence-electron chi connectivity index (χ4n) is 1.99. The van der Waals surface area contributed by atoms with Gasteiger partial charge in [-0.1, -0.05) is 37.6 Å². The summed E-state index contributed by atoms with van der Waals surface area (Å²) in [4.78, 5) is 0. The summed E-state index contributed by atoms with van der Waals surface area (Å²) in [5.41, 5.74) is 3.22. The summed E-state index contributed by atoms with van der Waals surface area (Å²) in [6.07, 6.45) is 6.76. The van der Waals surface area contributed by atoms with E-state index < -0.39 is 0 Å². The van der Waals surface area contributed by atoms with Crippen molar-refractivity contribution in [3.63, 3.8) is 0 Å². The Morgan fingerprint density at radius 3 is 2.54 bits per heavy atom. The molecule has 0 amide bonds. The lowest BCUT2D eigenvalue weighted by Gasteiger charge is -2.45. The van der Waals surface area contributed by atoms with Crippen molar-refractivity contribution in [1.82, 2.24) is 0 Å². The summed E-state index contributed by atoms with van der Waals surface area (Å²) in [6.45, 7) is 9.26. The molecule has 1 atom stereocenters. The van der Waals surface area contributed by atoms with Crippen molar-refractivity contribution >= 4 is 11.8 Å². The van der Waals surface area contributed by atoms with Crippen molar-refractivity contribution in [2.45, 2.75) is 32.4 Å². The molecule has 0 aromatic heterocycles. The summed E-state index contributed by atoms with van der Waals surface area (Å²) in [7, 11) is 0. The molecule has 2 aliphatic rings. The summed E-state index contributed by atoms with van der Waals surface area (Å²) in [6, 6.07) is 0. The van der Waals surface area contributed by atoms with Crippen LogP contribution in [-0.2, 0) is 0 Å². The molecule has 1 unspecified atom stereocenters. The average Bonchev–Trinajstić information content (AvgIpc) is 2.43. The lowest BCUT2D eigenvalue weighted by Crippen LogP contribution is -2.40. The quantitative estimate of drug-likeness (QED) is 0.560. The monoisotopic (exact) mass is 192 g/mol. The molecule has 0 nitrogen and oxygen atoms in total. The van der Waals surface area contributed by atoms with Crippen LogP contribution in [0.3, 0.4) is 0 Å². The summed E-state index contributed by atoms with van der Waals surface area (Å²) in [5, 5.41) is 2.22. The van der Waals surface area contributed by atoms with E-state index in [2.05, 4.69) is 51.3 Å². The van der Waals surface area contributed by atoms with Crippen LogP contribution in [0.5, 0.6) is 0 Å². The minimum absolute atomic E-state index is 0.256. The Labute approximate surface area is 84.8 Å². The van der Waals surface area contributed by atoms with Gasteiger partial charge in [0, 0.05) is 5.41 Å². The van der Waals surface area contributed by atoms with E-state index in [0.717, 1.165) is 0 Å². The number of hydrogen-bond donors (Lipinski definition) is 0. The fraction of sp³-hybridized carbons (Fsp3) is 0.500. The van der Waals surface area contributed by atoms with Crippen LogP contribution >= 0.6 is 11.8 Å². The van der Waals surface area contributed by atoms with Gasteiger partial charge in [0.25, 0.3) is 0 Å². The van der Waals surface area contributed by atoms with E-state index in [-0.39, 0.29) is 10.2 Å². The zero-order chi connectivity index (χ0) is 9.69. The van der Waals surface area contributed by atoms with Crippen molar-refractivity contribution in [3.8, 4) is 0 Å². The molecule has 0 radical (unpaired) electrons.